The number of nitrogens with one attached hydrogen (secondary N) is 1. The molecule has 0 fully saturated rings. The Morgan fingerprint density at radius 2 is 1.93 bits per heavy atom. The molecule has 1 aromatic carbocycles. The fourth-order valence-electron chi connectivity index (χ4n) is 2.27. The van der Waals surface area contributed by atoms with E-state index in [2.05, 4.69) is 15.5 Å². The zero-order valence-corrected chi connectivity index (χ0v) is 15.4. The van der Waals surface area contributed by atoms with Crippen LogP contribution in [0.4, 0.5) is 13.2 Å². The van der Waals surface area contributed by atoms with Crippen molar-refractivity contribution in [3.05, 3.63) is 59.7 Å². The van der Waals surface area contributed by atoms with Crippen LogP contribution in [0.5, 0.6) is 0 Å². The number of benzene rings is 1. The molecule has 0 saturated carbocycles. The summed E-state index contributed by atoms with van der Waals surface area (Å²) in [4.78, 5) is 25.6. The number of hydrogen-bond donors (Lipinski definition) is 2. The van der Waals surface area contributed by atoms with E-state index >= 15 is 0 Å². The highest BCUT2D eigenvalue weighted by Gasteiger charge is 2.38. The Morgan fingerprint density at radius 3 is 2.45 bits per heavy atom. The maximum absolute atomic E-state index is 12.4. The quantitative estimate of drug-likeness (QED) is 0.684. The van der Waals surface area contributed by atoms with Gasteiger partial charge in [0.05, 0.1) is 12.1 Å². The van der Waals surface area contributed by atoms with Crippen LogP contribution in [-0.2, 0) is 18.4 Å². The van der Waals surface area contributed by atoms with Crippen LogP contribution >= 0.6 is 0 Å². The Labute approximate surface area is 163 Å². The first-order chi connectivity index (χ1) is 13.6. The summed E-state index contributed by atoms with van der Waals surface area (Å²) in [6.45, 7) is 2.14. The molecule has 1 amide bonds. The molecular weight excluding hydrogens is 393 g/mol. The molecule has 0 saturated heterocycles. The van der Waals surface area contributed by atoms with E-state index in [1.54, 1.807) is 18.3 Å². The Kier molecular flexibility index (Phi) is 6.75. The summed E-state index contributed by atoms with van der Waals surface area (Å²) in [5.41, 5.74) is 2.07. The molecule has 0 spiro atoms. The molecule has 0 aliphatic rings. The molecule has 0 bridgehead atoms. The predicted octanol–water partition coefficient (Wildman–Crippen LogP) is 2.95. The van der Waals surface area contributed by atoms with Gasteiger partial charge >= 0.3 is 12.1 Å². The van der Waals surface area contributed by atoms with Crippen molar-refractivity contribution in [3.8, 4) is 11.4 Å². The fourth-order valence-corrected chi connectivity index (χ4v) is 2.27. The Hall–Kier alpha value is -3.63. The molecule has 3 rings (SSSR count). The van der Waals surface area contributed by atoms with Crippen LogP contribution in [0.25, 0.3) is 11.4 Å². The number of aryl methyl sites for hydroxylation is 2. The van der Waals surface area contributed by atoms with Gasteiger partial charge in [0.1, 0.15) is 17.3 Å². The Morgan fingerprint density at radius 1 is 1.28 bits per heavy atom. The largest absolute Gasteiger partial charge is 0.490 e. The van der Waals surface area contributed by atoms with Crippen LogP contribution in [0.3, 0.4) is 0 Å². The molecule has 8 nitrogen and oxygen atoms in total. The number of carboxylic acids is 1. The number of aliphatic carboxylic acids is 1. The van der Waals surface area contributed by atoms with Crippen molar-refractivity contribution < 1.29 is 32.4 Å². The molecular formula is C18H17F3N4O4. The number of carboxylic acid groups (broad SMARTS) is 1. The standard InChI is InChI=1S/C16H16N4O2.C2HF3O2/c1-11-9-12(19-22-11)10-18-16(21)14-6-4-3-5-13(14)15-17-7-8-20(15)2;3-2(4,5)1(6)7/h3-9H,10H2,1-2H3,(H,18,21);(H,6,7). The van der Waals surface area contributed by atoms with Gasteiger partial charge in [-0.05, 0) is 13.0 Å². The molecule has 11 heteroatoms. The second kappa shape index (κ2) is 9.04. The lowest BCUT2D eigenvalue weighted by molar-refractivity contribution is -0.192. The van der Waals surface area contributed by atoms with Gasteiger partial charge < -0.3 is 19.5 Å². The summed E-state index contributed by atoms with van der Waals surface area (Å²) in [7, 11) is 1.90. The highest BCUT2D eigenvalue weighted by atomic mass is 19.4. The number of halogens is 3. The summed E-state index contributed by atoms with van der Waals surface area (Å²) in [5.74, 6) is -1.45. The van der Waals surface area contributed by atoms with E-state index in [9.17, 15) is 18.0 Å². The molecule has 0 aliphatic carbocycles. The first kappa shape index (κ1) is 21.7. The maximum Gasteiger partial charge on any atom is 0.490 e. The third kappa shape index (κ3) is 5.92. The van der Waals surface area contributed by atoms with Gasteiger partial charge in [-0.3, -0.25) is 4.79 Å². The van der Waals surface area contributed by atoms with Gasteiger partial charge in [-0.2, -0.15) is 13.2 Å². The number of nitrogens with zero attached hydrogens (tertiary/aromatic N) is 3. The second-order valence-corrected chi connectivity index (χ2v) is 5.82. The van der Waals surface area contributed by atoms with Gasteiger partial charge in [-0.15, -0.1) is 0 Å². The number of imidazole rings is 1. The van der Waals surface area contributed by atoms with Gasteiger partial charge in [0.15, 0.2) is 0 Å². The minimum Gasteiger partial charge on any atom is -0.475 e. The number of rotatable bonds is 4. The van der Waals surface area contributed by atoms with Crippen molar-refractivity contribution in [1.82, 2.24) is 20.0 Å². The lowest BCUT2D eigenvalue weighted by Crippen LogP contribution is -2.23. The van der Waals surface area contributed by atoms with Crippen LogP contribution in [0, 0.1) is 6.92 Å². The molecule has 0 aliphatic heterocycles. The molecule has 3 aromatic rings. The smallest absolute Gasteiger partial charge is 0.475 e. The molecule has 0 unspecified atom stereocenters. The average molecular weight is 410 g/mol. The van der Waals surface area contributed by atoms with E-state index in [1.165, 1.54) is 0 Å². The molecule has 0 atom stereocenters. The van der Waals surface area contributed by atoms with E-state index in [1.807, 2.05) is 42.9 Å². The van der Waals surface area contributed by atoms with Crippen LogP contribution in [0.2, 0.25) is 0 Å². The van der Waals surface area contributed by atoms with E-state index in [0.29, 0.717) is 17.8 Å². The Balaban J connectivity index is 0.000000370. The average Bonchev–Trinajstić information content (AvgIpc) is 3.27. The van der Waals surface area contributed by atoms with Crippen LogP contribution in [0.15, 0.2) is 47.2 Å². The first-order valence-electron chi connectivity index (χ1n) is 8.17. The number of carbonyl (C=O) groups is 2. The fraction of sp³-hybridized carbons (Fsp3) is 0.222. The zero-order valence-electron chi connectivity index (χ0n) is 15.4. The molecule has 2 aromatic heterocycles. The zero-order chi connectivity index (χ0) is 21.6. The van der Waals surface area contributed by atoms with Crippen LogP contribution < -0.4 is 5.32 Å². The van der Waals surface area contributed by atoms with Crippen LogP contribution in [0.1, 0.15) is 21.8 Å². The van der Waals surface area contributed by atoms with Gasteiger partial charge in [0, 0.05) is 31.1 Å². The third-order valence-electron chi connectivity index (χ3n) is 3.58. The van der Waals surface area contributed by atoms with Gasteiger partial charge in [-0.1, -0.05) is 23.4 Å². The first-order valence-corrected chi connectivity index (χ1v) is 8.17. The van der Waals surface area contributed by atoms with Crippen molar-refractivity contribution in [2.75, 3.05) is 0 Å². The van der Waals surface area contributed by atoms with Crippen molar-refractivity contribution in [2.24, 2.45) is 7.05 Å². The Bertz CT molecular complexity index is 995. The summed E-state index contributed by atoms with van der Waals surface area (Å²) in [6, 6.07) is 9.19. The number of amides is 1. The molecule has 2 heterocycles. The van der Waals surface area contributed by atoms with Crippen LogP contribution in [-0.4, -0.2) is 37.9 Å². The van der Waals surface area contributed by atoms with E-state index in [0.717, 1.165) is 17.1 Å². The normalized spacial score (nSPS) is 10.8. The van der Waals surface area contributed by atoms with Crippen molar-refractivity contribution in [3.63, 3.8) is 0 Å². The predicted molar refractivity (Wildman–Crippen MR) is 94.7 cm³/mol. The monoisotopic (exact) mass is 410 g/mol. The number of hydrogen-bond acceptors (Lipinski definition) is 5. The molecule has 154 valence electrons. The second-order valence-electron chi connectivity index (χ2n) is 5.82. The number of carbonyl (C=O) groups excluding carboxylic acids is 1. The lowest BCUT2D eigenvalue weighted by Gasteiger charge is -2.09. The van der Waals surface area contributed by atoms with Crippen molar-refractivity contribution in [1.29, 1.82) is 0 Å². The van der Waals surface area contributed by atoms with Crippen molar-refractivity contribution >= 4 is 11.9 Å². The maximum atomic E-state index is 12.4. The van der Waals surface area contributed by atoms with E-state index in [4.69, 9.17) is 14.4 Å². The third-order valence-corrected chi connectivity index (χ3v) is 3.58. The summed E-state index contributed by atoms with van der Waals surface area (Å²) in [6.07, 6.45) is -1.52. The topological polar surface area (TPSA) is 110 Å². The van der Waals surface area contributed by atoms with E-state index in [-0.39, 0.29) is 5.91 Å². The highest BCUT2D eigenvalue weighted by molar-refractivity contribution is 6.00. The summed E-state index contributed by atoms with van der Waals surface area (Å²) >= 11 is 0. The van der Waals surface area contributed by atoms with E-state index < -0.39 is 12.1 Å². The lowest BCUT2D eigenvalue weighted by atomic mass is 10.1. The minimum atomic E-state index is -5.08. The highest BCUT2D eigenvalue weighted by Crippen LogP contribution is 2.21. The summed E-state index contributed by atoms with van der Waals surface area (Å²) in [5, 5.41) is 13.8. The number of aromatic nitrogens is 3. The minimum absolute atomic E-state index is 0.167. The van der Waals surface area contributed by atoms with Crippen molar-refractivity contribution in [2.45, 2.75) is 19.6 Å². The summed E-state index contributed by atoms with van der Waals surface area (Å²) < 4.78 is 38.6. The van der Waals surface area contributed by atoms with Gasteiger partial charge in [0.25, 0.3) is 5.91 Å². The molecule has 29 heavy (non-hydrogen) atoms. The van der Waals surface area contributed by atoms with Gasteiger partial charge in [-0.25, -0.2) is 9.78 Å². The molecule has 0 radical (unpaired) electrons. The number of alkyl halides is 3. The molecule has 2 N–H and O–H groups in total. The SMILES string of the molecule is Cc1cc(CNC(=O)c2ccccc2-c2nccn2C)no1.O=C(O)C(F)(F)F. The van der Waals surface area contributed by atoms with Gasteiger partial charge in [0.2, 0.25) is 0 Å².